The monoisotopic (exact) mass is 448 g/mol. The molecule has 2 aliphatic rings. The van der Waals surface area contributed by atoms with Crippen molar-refractivity contribution in [2.75, 3.05) is 26.2 Å². The number of hydrogen-bond acceptors (Lipinski definition) is 5. The summed E-state index contributed by atoms with van der Waals surface area (Å²) in [4.78, 5) is 14.4. The molecule has 1 aromatic rings. The van der Waals surface area contributed by atoms with Gasteiger partial charge in [0.15, 0.2) is 0 Å². The second-order valence-electron chi connectivity index (χ2n) is 7.68. The van der Waals surface area contributed by atoms with Crippen molar-refractivity contribution in [2.24, 2.45) is 5.92 Å². The molecular formula is C18H26Cl2N4O3S. The molecular weight excluding hydrogens is 423 g/mol. The molecule has 0 aromatic heterocycles. The summed E-state index contributed by atoms with van der Waals surface area (Å²) in [6.45, 7) is 5.42. The van der Waals surface area contributed by atoms with Gasteiger partial charge in [-0.05, 0) is 30.9 Å². The Morgan fingerprint density at radius 3 is 2.32 bits per heavy atom. The second kappa shape index (κ2) is 8.85. The van der Waals surface area contributed by atoms with Crippen LogP contribution in [0.1, 0.15) is 26.7 Å². The third kappa shape index (κ3) is 4.63. The van der Waals surface area contributed by atoms with Crippen molar-refractivity contribution in [2.45, 2.75) is 43.7 Å². The number of benzene rings is 1. The summed E-state index contributed by atoms with van der Waals surface area (Å²) < 4.78 is 27.2. The molecule has 2 aliphatic heterocycles. The maximum absolute atomic E-state index is 12.9. The molecule has 0 bridgehead atoms. The number of sulfonamides is 1. The van der Waals surface area contributed by atoms with Crippen molar-refractivity contribution >= 4 is 39.1 Å². The standard InChI is InChI=1S/C18H26Cl2N4O3S/c1-12(2)10-13-11-16(22-21-13)18(25)23-6-8-24(9-7-23)28(26,27)17-14(19)4-3-5-15(17)20/h3-5,12-13,16,21-22H,6-11H2,1-2H3. The predicted molar refractivity (Wildman–Crippen MR) is 110 cm³/mol. The maximum atomic E-state index is 12.9. The number of nitrogens with one attached hydrogen (secondary N) is 2. The fourth-order valence-corrected chi connectivity index (χ4v) is 6.25. The van der Waals surface area contributed by atoms with Crippen molar-refractivity contribution in [3.63, 3.8) is 0 Å². The molecule has 28 heavy (non-hydrogen) atoms. The average Bonchev–Trinajstić information content (AvgIpc) is 3.08. The summed E-state index contributed by atoms with van der Waals surface area (Å²) in [6, 6.07) is 4.62. The molecule has 0 radical (unpaired) electrons. The van der Waals surface area contributed by atoms with Gasteiger partial charge in [0.2, 0.25) is 15.9 Å². The van der Waals surface area contributed by atoms with E-state index >= 15 is 0 Å². The van der Waals surface area contributed by atoms with Gasteiger partial charge in [-0.3, -0.25) is 10.2 Å². The summed E-state index contributed by atoms with van der Waals surface area (Å²) in [5, 5.41) is 0.201. The van der Waals surface area contributed by atoms with Crippen molar-refractivity contribution in [3.05, 3.63) is 28.2 Å². The highest BCUT2D eigenvalue weighted by atomic mass is 35.5. The van der Waals surface area contributed by atoms with Gasteiger partial charge in [0, 0.05) is 32.2 Å². The van der Waals surface area contributed by atoms with Crippen LogP contribution in [0.5, 0.6) is 0 Å². The molecule has 2 fully saturated rings. The molecule has 2 atom stereocenters. The molecule has 1 aromatic carbocycles. The lowest BCUT2D eigenvalue weighted by atomic mass is 9.99. The summed E-state index contributed by atoms with van der Waals surface area (Å²) in [5.41, 5.74) is 6.28. The molecule has 2 unspecified atom stereocenters. The molecule has 2 heterocycles. The minimum Gasteiger partial charge on any atom is -0.339 e. The van der Waals surface area contributed by atoms with Crippen molar-refractivity contribution in [3.8, 4) is 0 Å². The number of hydrogen-bond donors (Lipinski definition) is 2. The zero-order valence-corrected chi connectivity index (χ0v) is 18.3. The Kier molecular flexibility index (Phi) is 6.89. The number of rotatable bonds is 5. The SMILES string of the molecule is CC(C)CC1CC(C(=O)N2CCN(S(=O)(=O)c3c(Cl)cccc3Cl)CC2)NN1. The molecule has 7 nitrogen and oxygen atoms in total. The third-order valence-corrected chi connectivity index (χ3v) is 7.96. The van der Waals surface area contributed by atoms with Crippen molar-refractivity contribution in [1.82, 2.24) is 20.1 Å². The highest BCUT2D eigenvalue weighted by Crippen LogP contribution is 2.32. The van der Waals surface area contributed by atoms with Gasteiger partial charge in [0.05, 0.1) is 10.0 Å². The molecule has 0 aliphatic carbocycles. The zero-order valence-electron chi connectivity index (χ0n) is 16.0. The number of carbonyl (C=O) groups is 1. The molecule has 10 heteroatoms. The fourth-order valence-electron chi connectivity index (χ4n) is 3.73. The van der Waals surface area contributed by atoms with Crippen LogP contribution in [0.15, 0.2) is 23.1 Å². The van der Waals surface area contributed by atoms with Crippen LogP contribution in [0, 0.1) is 5.92 Å². The van der Waals surface area contributed by atoms with Gasteiger partial charge in [-0.1, -0.05) is 43.1 Å². The molecule has 0 spiro atoms. The number of piperazine rings is 1. The van der Waals surface area contributed by atoms with E-state index in [1.165, 1.54) is 16.4 Å². The molecule has 156 valence electrons. The van der Waals surface area contributed by atoms with Crippen LogP contribution in [0.2, 0.25) is 10.0 Å². The lowest BCUT2D eigenvalue weighted by molar-refractivity contribution is -0.134. The number of nitrogens with zero attached hydrogens (tertiary/aromatic N) is 2. The number of halogens is 2. The Morgan fingerprint density at radius 1 is 1.14 bits per heavy atom. The Bertz CT molecular complexity index is 806. The third-order valence-electron chi connectivity index (χ3n) is 5.10. The van der Waals surface area contributed by atoms with Crippen LogP contribution in [-0.4, -0.2) is 61.8 Å². The van der Waals surface area contributed by atoms with E-state index in [9.17, 15) is 13.2 Å². The van der Waals surface area contributed by atoms with E-state index in [0.29, 0.717) is 19.0 Å². The van der Waals surface area contributed by atoms with Gasteiger partial charge in [-0.25, -0.2) is 13.8 Å². The number of amides is 1. The highest BCUT2D eigenvalue weighted by Gasteiger charge is 2.36. The van der Waals surface area contributed by atoms with Crippen LogP contribution >= 0.6 is 23.2 Å². The van der Waals surface area contributed by atoms with E-state index in [0.717, 1.165) is 12.8 Å². The first kappa shape index (κ1) is 21.8. The zero-order chi connectivity index (χ0) is 20.5. The van der Waals surface area contributed by atoms with Crippen LogP contribution in [0.4, 0.5) is 0 Å². The van der Waals surface area contributed by atoms with E-state index in [1.54, 1.807) is 11.0 Å². The summed E-state index contributed by atoms with van der Waals surface area (Å²) in [7, 11) is -3.81. The van der Waals surface area contributed by atoms with Crippen molar-refractivity contribution in [1.29, 1.82) is 0 Å². The topological polar surface area (TPSA) is 81.8 Å². The van der Waals surface area contributed by atoms with E-state index in [2.05, 4.69) is 24.7 Å². The van der Waals surface area contributed by atoms with E-state index in [1.807, 2.05) is 0 Å². The highest BCUT2D eigenvalue weighted by molar-refractivity contribution is 7.89. The van der Waals surface area contributed by atoms with Crippen LogP contribution in [-0.2, 0) is 14.8 Å². The first-order chi connectivity index (χ1) is 13.2. The van der Waals surface area contributed by atoms with Crippen LogP contribution < -0.4 is 10.9 Å². The van der Waals surface area contributed by atoms with Crippen LogP contribution in [0.25, 0.3) is 0 Å². The molecule has 2 saturated heterocycles. The number of carbonyl (C=O) groups excluding carboxylic acids is 1. The normalized spacial score (nSPS) is 24.1. The fraction of sp³-hybridized carbons (Fsp3) is 0.611. The lowest BCUT2D eigenvalue weighted by Crippen LogP contribution is -2.54. The molecule has 3 rings (SSSR count). The average molecular weight is 449 g/mol. The van der Waals surface area contributed by atoms with Gasteiger partial charge < -0.3 is 4.90 Å². The summed E-state index contributed by atoms with van der Waals surface area (Å²) in [6.07, 6.45) is 1.74. The quantitative estimate of drug-likeness (QED) is 0.720. The second-order valence-corrected chi connectivity index (χ2v) is 10.4. The maximum Gasteiger partial charge on any atom is 0.246 e. The van der Waals surface area contributed by atoms with Gasteiger partial charge >= 0.3 is 0 Å². The van der Waals surface area contributed by atoms with Gasteiger partial charge in [-0.15, -0.1) is 0 Å². The Morgan fingerprint density at radius 2 is 1.75 bits per heavy atom. The lowest BCUT2D eigenvalue weighted by Gasteiger charge is -2.35. The van der Waals surface area contributed by atoms with Crippen LogP contribution in [0.3, 0.4) is 0 Å². The smallest absolute Gasteiger partial charge is 0.246 e. The van der Waals surface area contributed by atoms with E-state index < -0.39 is 10.0 Å². The van der Waals surface area contributed by atoms with Gasteiger partial charge in [0.1, 0.15) is 10.9 Å². The first-order valence-corrected chi connectivity index (χ1v) is 11.6. The Balaban J connectivity index is 1.61. The molecule has 2 N–H and O–H groups in total. The van der Waals surface area contributed by atoms with Crippen molar-refractivity contribution < 1.29 is 13.2 Å². The number of hydrazine groups is 1. The minimum atomic E-state index is -3.81. The van der Waals surface area contributed by atoms with Gasteiger partial charge in [0.25, 0.3) is 0 Å². The molecule has 0 saturated carbocycles. The molecule has 1 amide bonds. The summed E-state index contributed by atoms with van der Waals surface area (Å²) in [5.74, 6) is 0.560. The Hall–Kier alpha value is -0.900. The van der Waals surface area contributed by atoms with E-state index in [-0.39, 0.29) is 46.0 Å². The Labute approximate surface area is 176 Å². The predicted octanol–water partition coefficient (Wildman–Crippen LogP) is 2.11. The van der Waals surface area contributed by atoms with Gasteiger partial charge in [-0.2, -0.15) is 4.31 Å². The summed E-state index contributed by atoms with van der Waals surface area (Å²) >= 11 is 12.2. The minimum absolute atomic E-state index is 0.00609. The first-order valence-electron chi connectivity index (χ1n) is 9.44. The largest absolute Gasteiger partial charge is 0.339 e. The van der Waals surface area contributed by atoms with E-state index in [4.69, 9.17) is 23.2 Å².